The minimum absolute atomic E-state index is 0.380. The molecule has 1 aromatic rings. The molecule has 1 aliphatic heterocycles. The van der Waals surface area contributed by atoms with Crippen LogP contribution in [0.4, 0.5) is 0 Å². The first-order valence-electron chi connectivity index (χ1n) is 5.21. The number of benzene rings is 1. The SMILES string of the molecule is Cc1[c]cccc1OC1CCNCC1. The van der Waals surface area contributed by atoms with Crippen molar-refractivity contribution in [2.24, 2.45) is 0 Å². The van der Waals surface area contributed by atoms with E-state index in [1.165, 1.54) is 0 Å². The molecule has 1 fully saturated rings. The van der Waals surface area contributed by atoms with Crippen LogP contribution in [0.3, 0.4) is 0 Å². The molecule has 0 saturated carbocycles. The molecule has 2 nitrogen and oxygen atoms in total. The van der Waals surface area contributed by atoms with Gasteiger partial charge >= 0.3 is 0 Å². The fraction of sp³-hybridized carbons (Fsp3) is 0.500. The van der Waals surface area contributed by atoms with E-state index in [0.717, 1.165) is 37.2 Å². The molecular formula is C12H16NO. The lowest BCUT2D eigenvalue weighted by atomic mass is 10.1. The van der Waals surface area contributed by atoms with E-state index in [2.05, 4.69) is 11.4 Å². The van der Waals surface area contributed by atoms with Crippen molar-refractivity contribution in [2.75, 3.05) is 13.1 Å². The summed E-state index contributed by atoms with van der Waals surface area (Å²) in [6.45, 7) is 4.18. The molecule has 0 aromatic heterocycles. The summed E-state index contributed by atoms with van der Waals surface area (Å²) in [5.74, 6) is 0.986. The molecule has 75 valence electrons. The second-order valence-electron chi connectivity index (χ2n) is 3.73. The van der Waals surface area contributed by atoms with Crippen molar-refractivity contribution < 1.29 is 4.74 Å². The van der Waals surface area contributed by atoms with Gasteiger partial charge in [-0.2, -0.15) is 0 Å². The zero-order chi connectivity index (χ0) is 9.80. The Morgan fingerprint density at radius 3 is 2.93 bits per heavy atom. The average molecular weight is 190 g/mol. The summed E-state index contributed by atoms with van der Waals surface area (Å²) in [6.07, 6.45) is 2.59. The molecular weight excluding hydrogens is 174 g/mol. The van der Waals surface area contributed by atoms with E-state index in [1.807, 2.05) is 25.1 Å². The first-order valence-corrected chi connectivity index (χ1v) is 5.21. The molecule has 0 unspecified atom stereocenters. The van der Waals surface area contributed by atoms with Crippen LogP contribution in [0, 0.1) is 13.0 Å². The number of piperidine rings is 1. The molecule has 0 aliphatic carbocycles. The van der Waals surface area contributed by atoms with Crippen LogP contribution in [0.25, 0.3) is 0 Å². The van der Waals surface area contributed by atoms with Gasteiger partial charge < -0.3 is 10.1 Å². The smallest absolute Gasteiger partial charge is 0.123 e. The molecule has 1 radical (unpaired) electrons. The Morgan fingerprint density at radius 2 is 2.21 bits per heavy atom. The highest BCUT2D eigenvalue weighted by atomic mass is 16.5. The topological polar surface area (TPSA) is 21.3 Å². The second-order valence-corrected chi connectivity index (χ2v) is 3.73. The van der Waals surface area contributed by atoms with Crippen molar-refractivity contribution in [3.8, 4) is 5.75 Å². The molecule has 14 heavy (non-hydrogen) atoms. The van der Waals surface area contributed by atoms with Crippen molar-refractivity contribution in [3.63, 3.8) is 0 Å². The minimum atomic E-state index is 0.380. The van der Waals surface area contributed by atoms with E-state index in [1.54, 1.807) is 0 Å². The third-order valence-corrected chi connectivity index (χ3v) is 2.59. The summed E-state index contributed by atoms with van der Waals surface area (Å²) >= 11 is 0. The van der Waals surface area contributed by atoms with Gasteiger partial charge in [0.15, 0.2) is 0 Å². The molecule has 0 spiro atoms. The first-order chi connectivity index (χ1) is 6.86. The molecule has 0 atom stereocenters. The van der Waals surface area contributed by atoms with Crippen LogP contribution in [0.2, 0.25) is 0 Å². The number of rotatable bonds is 2. The van der Waals surface area contributed by atoms with Gasteiger partial charge in [0.05, 0.1) is 0 Å². The summed E-state index contributed by atoms with van der Waals surface area (Å²) in [5.41, 5.74) is 1.10. The average Bonchev–Trinajstić information content (AvgIpc) is 2.23. The van der Waals surface area contributed by atoms with Gasteiger partial charge in [0.2, 0.25) is 0 Å². The van der Waals surface area contributed by atoms with Gasteiger partial charge in [0.25, 0.3) is 0 Å². The Hall–Kier alpha value is -1.02. The van der Waals surface area contributed by atoms with Crippen LogP contribution < -0.4 is 10.1 Å². The highest BCUT2D eigenvalue weighted by molar-refractivity contribution is 5.30. The van der Waals surface area contributed by atoms with E-state index >= 15 is 0 Å². The van der Waals surface area contributed by atoms with Gasteiger partial charge in [0, 0.05) is 0 Å². The zero-order valence-electron chi connectivity index (χ0n) is 8.55. The number of aryl methyl sites for hydroxylation is 1. The van der Waals surface area contributed by atoms with Crippen molar-refractivity contribution in [1.29, 1.82) is 0 Å². The van der Waals surface area contributed by atoms with Crippen LogP contribution in [-0.4, -0.2) is 19.2 Å². The maximum Gasteiger partial charge on any atom is 0.123 e. The van der Waals surface area contributed by atoms with E-state index in [9.17, 15) is 0 Å². The predicted molar refractivity (Wildman–Crippen MR) is 56.5 cm³/mol. The lowest BCUT2D eigenvalue weighted by molar-refractivity contribution is 0.161. The zero-order valence-corrected chi connectivity index (χ0v) is 8.55. The summed E-state index contributed by atoms with van der Waals surface area (Å²) in [6, 6.07) is 9.07. The predicted octanol–water partition coefficient (Wildman–Crippen LogP) is 1.93. The Kier molecular flexibility index (Phi) is 3.04. The molecule has 1 heterocycles. The summed E-state index contributed by atoms with van der Waals surface area (Å²) < 4.78 is 5.91. The largest absolute Gasteiger partial charge is 0.490 e. The number of hydrogen-bond acceptors (Lipinski definition) is 2. The van der Waals surface area contributed by atoms with Crippen LogP contribution in [0.5, 0.6) is 5.75 Å². The third-order valence-electron chi connectivity index (χ3n) is 2.59. The van der Waals surface area contributed by atoms with Gasteiger partial charge in [-0.05, 0) is 50.6 Å². The molecule has 2 rings (SSSR count). The van der Waals surface area contributed by atoms with E-state index < -0.39 is 0 Å². The molecule has 1 aliphatic rings. The van der Waals surface area contributed by atoms with Crippen molar-refractivity contribution in [3.05, 3.63) is 29.8 Å². The fourth-order valence-electron chi connectivity index (χ4n) is 1.73. The number of nitrogens with one attached hydrogen (secondary N) is 1. The highest BCUT2D eigenvalue weighted by Crippen LogP contribution is 2.20. The van der Waals surface area contributed by atoms with Gasteiger partial charge in [-0.1, -0.05) is 12.1 Å². The lowest BCUT2D eigenvalue weighted by Crippen LogP contribution is -2.34. The highest BCUT2D eigenvalue weighted by Gasteiger charge is 2.14. The monoisotopic (exact) mass is 190 g/mol. The molecule has 1 saturated heterocycles. The third kappa shape index (κ3) is 2.26. The maximum absolute atomic E-state index is 5.91. The van der Waals surface area contributed by atoms with Crippen molar-refractivity contribution in [1.82, 2.24) is 5.32 Å². The Labute approximate surface area is 85.3 Å². The quantitative estimate of drug-likeness (QED) is 0.769. The summed E-state index contributed by atoms with van der Waals surface area (Å²) in [5, 5.41) is 3.33. The number of ether oxygens (including phenoxy) is 1. The van der Waals surface area contributed by atoms with Gasteiger partial charge in [0.1, 0.15) is 11.9 Å². The normalized spacial score (nSPS) is 18.1. The van der Waals surface area contributed by atoms with Crippen LogP contribution in [0.15, 0.2) is 18.2 Å². The molecule has 0 bridgehead atoms. The molecule has 0 amide bonds. The van der Waals surface area contributed by atoms with E-state index in [0.29, 0.717) is 6.10 Å². The Morgan fingerprint density at radius 1 is 1.43 bits per heavy atom. The van der Waals surface area contributed by atoms with Gasteiger partial charge in [-0.15, -0.1) is 0 Å². The van der Waals surface area contributed by atoms with Crippen LogP contribution in [0.1, 0.15) is 18.4 Å². The first kappa shape index (κ1) is 9.53. The summed E-state index contributed by atoms with van der Waals surface area (Å²) in [4.78, 5) is 0. The maximum atomic E-state index is 5.91. The fourth-order valence-corrected chi connectivity index (χ4v) is 1.73. The van der Waals surface area contributed by atoms with Crippen LogP contribution >= 0.6 is 0 Å². The van der Waals surface area contributed by atoms with Crippen molar-refractivity contribution >= 4 is 0 Å². The van der Waals surface area contributed by atoms with E-state index in [4.69, 9.17) is 4.74 Å². The minimum Gasteiger partial charge on any atom is -0.490 e. The Bertz CT molecular complexity index is 292. The van der Waals surface area contributed by atoms with Gasteiger partial charge in [-0.3, -0.25) is 0 Å². The molecule has 1 aromatic carbocycles. The molecule has 1 N–H and O–H groups in total. The molecule has 2 heteroatoms. The van der Waals surface area contributed by atoms with Gasteiger partial charge in [-0.25, -0.2) is 0 Å². The Balaban J connectivity index is 1.99. The second kappa shape index (κ2) is 4.47. The van der Waals surface area contributed by atoms with E-state index in [-0.39, 0.29) is 0 Å². The number of hydrogen-bond donors (Lipinski definition) is 1. The summed E-state index contributed by atoms with van der Waals surface area (Å²) in [7, 11) is 0. The van der Waals surface area contributed by atoms with Crippen LogP contribution in [-0.2, 0) is 0 Å². The standard InChI is InChI=1S/C12H16NO/c1-10-4-2-3-5-12(10)14-11-6-8-13-9-7-11/h2-3,5,11,13H,6-9H2,1H3. The van der Waals surface area contributed by atoms with Crippen molar-refractivity contribution in [2.45, 2.75) is 25.9 Å². The lowest BCUT2D eigenvalue weighted by Gasteiger charge is -2.24.